The summed E-state index contributed by atoms with van der Waals surface area (Å²) in [6, 6.07) is 18.8. The van der Waals surface area contributed by atoms with Crippen LogP contribution in [0.4, 0.5) is 5.69 Å². The van der Waals surface area contributed by atoms with E-state index < -0.39 is 4.92 Å². The molecule has 3 heterocycles. The minimum Gasteiger partial charge on any atom is -0.454 e. The Morgan fingerprint density at radius 2 is 1.84 bits per heavy atom. The summed E-state index contributed by atoms with van der Waals surface area (Å²) in [6.07, 6.45) is 3.21. The average molecular weight is 588 g/mol. The summed E-state index contributed by atoms with van der Waals surface area (Å²) in [4.78, 5) is 30.8. The van der Waals surface area contributed by atoms with Gasteiger partial charge < -0.3 is 9.47 Å². The predicted octanol–water partition coefficient (Wildman–Crippen LogP) is 4.72. The van der Waals surface area contributed by atoms with Crippen LogP contribution in [-0.4, -0.2) is 16.3 Å². The first-order chi connectivity index (χ1) is 18.5. The summed E-state index contributed by atoms with van der Waals surface area (Å²) >= 11 is 4.74. The second-order valence-electron chi connectivity index (χ2n) is 9.19. The van der Waals surface area contributed by atoms with E-state index >= 15 is 0 Å². The maximum atomic E-state index is 13.9. The fourth-order valence-corrected chi connectivity index (χ4v) is 6.59. The van der Waals surface area contributed by atoms with Crippen LogP contribution in [-0.2, 0) is 6.42 Å². The largest absolute Gasteiger partial charge is 0.454 e. The van der Waals surface area contributed by atoms with Gasteiger partial charge in [0.25, 0.3) is 11.2 Å². The van der Waals surface area contributed by atoms with Crippen molar-refractivity contribution in [1.82, 2.24) is 4.57 Å². The molecular weight excluding hydrogens is 570 g/mol. The molecule has 2 aliphatic heterocycles. The van der Waals surface area contributed by atoms with Gasteiger partial charge in [0.15, 0.2) is 16.3 Å². The van der Waals surface area contributed by atoms with Gasteiger partial charge in [0, 0.05) is 10.0 Å². The number of aromatic nitrogens is 1. The summed E-state index contributed by atoms with van der Waals surface area (Å²) in [7, 11) is 0. The number of nitro groups is 1. The van der Waals surface area contributed by atoms with Crippen molar-refractivity contribution in [2.45, 2.75) is 18.9 Å². The second-order valence-corrected chi connectivity index (χ2v) is 11.1. The molecule has 1 atom stereocenters. The van der Waals surface area contributed by atoms with E-state index in [-0.39, 0.29) is 29.6 Å². The fourth-order valence-electron chi connectivity index (χ4n) is 5.33. The Morgan fingerprint density at radius 3 is 2.63 bits per heavy atom. The van der Waals surface area contributed by atoms with Crippen molar-refractivity contribution in [3.8, 4) is 11.5 Å². The first kappa shape index (κ1) is 23.1. The number of allylic oxidation sites excluding steroid dienone is 1. The molecule has 0 saturated carbocycles. The second kappa shape index (κ2) is 8.78. The van der Waals surface area contributed by atoms with E-state index in [1.165, 1.54) is 23.0 Å². The monoisotopic (exact) mass is 587 g/mol. The maximum Gasteiger partial charge on any atom is 0.280 e. The number of thiazole rings is 1. The lowest BCUT2D eigenvalue weighted by atomic mass is 9.83. The van der Waals surface area contributed by atoms with Crippen LogP contribution in [0.3, 0.4) is 0 Å². The van der Waals surface area contributed by atoms with Crippen LogP contribution < -0.4 is 24.4 Å². The highest BCUT2D eigenvalue weighted by Gasteiger charge is 2.32. The van der Waals surface area contributed by atoms with Crippen LogP contribution in [0.5, 0.6) is 11.5 Å². The molecule has 10 heteroatoms. The van der Waals surface area contributed by atoms with Crippen molar-refractivity contribution in [1.29, 1.82) is 0 Å². The van der Waals surface area contributed by atoms with Gasteiger partial charge in [0.2, 0.25) is 6.79 Å². The van der Waals surface area contributed by atoms with Gasteiger partial charge in [-0.05, 0) is 53.8 Å². The first-order valence-electron chi connectivity index (χ1n) is 11.9. The zero-order valence-corrected chi connectivity index (χ0v) is 22.1. The minimum absolute atomic E-state index is 0.00164. The molecule has 4 aromatic rings. The van der Waals surface area contributed by atoms with E-state index in [0.717, 1.165) is 39.7 Å². The van der Waals surface area contributed by atoms with Gasteiger partial charge in [-0.25, -0.2) is 4.99 Å². The fraction of sp³-hybridized carbons (Fsp3) is 0.143. The minimum atomic E-state index is -0.481. The summed E-state index contributed by atoms with van der Waals surface area (Å²) in [5.74, 6) is 0.728. The Balaban J connectivity index is 1.48. The van der Waals surface area contributed by atoms with E-state index in [1.54, 1.807) is 16.7 Å². The molecule has 38 heavy (non-hydrogen) atoms. The third-order valence-corrected chi connectivity index (χ3v) is 8.58. The number of nitrogens with zero attached hydrogens (tertiary/aromatic N) is 3. The summed E-state index contributed by atoms with van der Waals surface area (Å²) in [5.41, 5.74) is 5.19. The Bertz CT molecular complexity index is 1870. The molecule has 0 radical (unpaired) electrons. The number of rotatable bonds is 3. The number of hydrogen-bond acceptors (Lipinski definition) is 7. The molecule has 188 valence electrons. The van der Waals surface area contributed by atoms with E-state index in [0.29, 0.717) is 20.8 Å². The predicted molar refractivity (Wildman–Crippen MR) is 146 cm³/mol. The molecule has 7 rings (SSSR count). The summed E-state index contributed by atoms with van der Waals surface area (Å²) in [5, 5.41) is 11.8. The van der Waals surface area contributed by atoms with Crippen LogP contribution in [0.25, 0.3) is 11.8 Å². The van der Waals surface area contributed by atoms with E-state index in [4.69, 9.17) is 14.5 Å². The van der Waals surface area contributed by atoms with Crippen LogP contribution in [0.1, 0.15) is 34.7 Å². The van der Waals surface area contributed by atoms with Crippen LogP contribution >= 0.6 is 27.3 Å². The molecular formula is C28H18BrN3O5S. The molecule has 1 aromatic heterocycles. The van der Waals surface area contributed by atoms with Crippen molar-refractivity contribution >= 4 is 44.7 Å². The number of ether oxygens (including phenoxy) is 2. The van der Waals surface area contributed by atoms with Crippen molar-refractivity contribution < 1.29 is 14.4 Å². The lowest BCUT2D eigenvalue weighted by molar-refractivity contribution is -0.385. The van der Waals surface area contributed by atoms with Crippen molar-refractivity contribution in [2.24, 2.45) is 4.99 Å². The van der Waals surface area contributed by atoms with E-state index in [2.05, 4.69) is 28.1 Å². The van der Waals surface area contributed by atoms with Crippen LogP contribution in [0, 0.1) is 10.1 Å². The van der Waals surface area contributed by atoms with Gasteiger partial charge in [-0.15, -0.1) is 0 Å². The van der Waals surface area contributed by atoms with Gasteiger partial charge in [0.05, 0.1) is 32.8 Å². The lowest BCUT2D eigenvalue weighted by Gasteiger charge is -2.30. The number of hydrogen-bond donors (Lipinski definition) is 0. The van der Waals surface area contributed by atoms with E-state index in [9.17, 15) is 14.9 Å². The van der Waals surface area contributed by atoms with E-state index in [1.807, 2.05) is 36.4 Å². The molecule has 0 spiro atoms. The quantitative estimate of drug-likeness (QED) is 0.255. The number of nitro benzene ring substituents is 1. The smallest absolute Gasteiger partial charge is 0.280 e. The van der Waals surface area contributed by atoms with Crippen LogP contribution in [0.2, 0.25) is 0 Å². The summed E-state index contributed by atoms with van der Waals surface area (Å²) in [6.45, 7) is -0.00164. The topological polar surface area (TPSA) is 96.0 Å². The third kappa shape index (κ3) is 3.63. The highest BCUT2D eigenvalue weighted by Crippen LogP contribution is 2.42. The molecule has 8 nitrogen and oxygen atoms in total. The zero-order valence-electron chi connectivity index (χ0n) is 19.7. The Labute approximate surface area is 228 Å². The molecule has 3 aromatic carbocycles. The van der Waals surface area contributed by atoms with Gasteiger partial charge in [-0.1, -0.05) is 63.7 Å². The lowest BCUT2D eigenvalue weighted by Crippen LogP contribution is -2.38. The molecule has 0 fully saturated rings. The number of aryl methyl sites for hydroxylation is 1. The number of fused-ring (bicyclic) bond motifs is 4. The van der Waals surface area contributed by atoms with Gasteiger partial charge in [-0.3, -0.25) is 19.5 Å². The average Bonchev–Trinajstić information content (AvgIpc) is 3.51. The normalized spacial score (nSPS) is 17.5. The molecule has 0 bridgehead atoms. The number of benzene rings is 3. The molecule has 0 amide bonds. The van der Waals surface area contributed by atoms with Gasteiger partial charge in [0.1, 0.15) is 0 Å². The Kier molecular flexibility index (Phi) is 5.34. The maximum absolute atomic E-state index is 13.9. The molecule has 3 aliphatic rings. The van der Waals surface area contributed by atoms with Gasteiger partial charge in [-0.2, -0.15) is 0 Å². The Morgan fingerprint density at radius 1 is 1.08 bits per heavy atom. The highest BCUT2D eigenvalue weighted by atomic mass is 79.9. The van der Waals surface area contributed by atoms with Crippen molar-refractivity contribution in [3.63, 3.8) is 0 Å². The highest BCUT2D eigenvalue weighted by molar-refractivity contribution is 9.10. The molecule has 1 aliphatic carbocycles. The Hall–Kier alpha value is -4.02. The zero-order chi connectivity index (χ0) is 26.0. The molecule has 0 unspecified atom stereocenters. The van der Waals surface area contributed by atoms with Crippen molar-refractivity contribution in [3.05, 3.63) is 123 Å². The molecule has 0 saturated heterocycles. The number of halogens is 1. The summed E-state index contributed by atoms with van der Waals surface area (Å²) < 4.78 is 13.8. The SMILES string of the molecule is O=c1/c(=C\c2cc3c(cc2[N+](=O)[O-])OCO3)sc2n1[C@@H](c1ccc(Br)cc1)C1=C(N=2)c2ccccc2CC1. The van der Waals surface area contributed by atoms with Crippen molar-refractivity contribution in [2.75, 3.05) is 6.79 Å². The van der Waals surface area contributed by atoms with Crippen LogP contribution in [0.15, 0.2) is 80.5 Å². The first-order valence-corrected chi connectivity index (χ1v) is 13.6. The van der Waals surface area contributed by atoms with Gasteiger partial charge >= 0.3 is 0 Å². The molecule has 0 N–H and O–H groups in total. The third-order valence-electron chi connectivity index (χ3n) is 7.06. The standard InChI is InChI=1S/C28H18BrN3O5S/c29-18-8-5-16(6-9-18)26-20-10-7-15-3-1-2-4-19(15)25(20)30-28-31(26)27(33)24(38-28)12-17-11-22-23(37-14-36-22)13-21(17)32(34)35/h1-6,8-9,11-13,26H,7,10,14H2/b24-12+/t26-/m0/s1.